The van der Waals surface area contributed by atoms with Crippen LogP contribution in [0, 0.1) is 18.8 Å². The molecule has 0 spiro atoms. The molecule has 4 heteroatoms. The summed E-state index contributed by atoms with van der Waals surface area (Å²) in [6.45, 7) is 11.1. The van der Waals surface area contributed by atoms with Crippen molar-refractivity contribution in [1.29, 1.82) is 0 Å². The maximum atomic E-state index is 4.70. The number of piperidine rings is 1. The predicted molar refractivity (Wildman–Crippen MR) is 89.3 cm³/mol. The van der Waals surface area contributed by atoms with Crippen LogP contribution in [0.15, 0.2) is 16.6 Å². The van der Waals surface area contributed by atoms with E-state index in [0.29, 0.717) is 0 Å². The largest absolute Gasteiger partial charge is 0.356 e. The summed E-state index contributed by atoms with van der Waals surface area (Å²) in [4.78, 5) is 7.13. The third-order valence-electron chi connectivity index (χ3n) is 3.84. The lowest BCUT2D eigenvalue weighted by molar-refractivity contribution is 0.381. The van der Waals surface area contributed by atoms with Crippen LogP contribution in [0.2, 0.25) is 0 Å². The van der Waals surface area contributed by atoms with Crippen molar-refractivity contribution in [3.8, 4) is 0 Å². The molecule has 0 bridgehead atoms. The van der Waals surface area contributed by atoms with Crippen molar-refractivity contribution in [3.05, 3.63) is 22.3 Å². The maximum Gasteiger partial charge on any atom is 0.128 e. The fourth-order valence-electron chi connectivity index (χ4n) is 2.72. The Kier molecular flexibility index (Phi) is 5.85. The van der Waals surface area contributed by atoms with E-state index in [1.54, 1.807) is 0 Å². The van der Waals surface area contributed by atoms with Gasteiger partial charge in [0, 0.05) is 17.6 Å². The van der Waals surface area contributed by atoms with Crippen molar-refractivity contribution in [3.63, 3.8) is 0 Å². The second kappa shape index (κ2) is 7.41. The highest BCUT2D eigenvalue weighted by atomic mass is 79.9. The van der Waals surface area contributed by atoms with E-state index in [2.05, 4.69) is 59.1 Å². The van der Waals surface area contributed by atoms with Crippen molar-refractivity contribution >= 4 is 21.7 Å². The summed E-state index contributed by atoms with van der Waals surface area (Å²) in [5.41, 5.74) is 1.07. The molecule has 2 heterocycles. The highest BCUT2D eigenvalue weighted by molar-refractivity contribution is 9.10. The highest BCUT2D eigenvalue weighted by Gasteiger charge is 2.20. The zero-order valence-electron chi connectivity index (χ0n) is 12.8. The monoisotopic (exact) mass is 339 g/mol. The zero-order chi connectivity index (χ0) is 14.5. The molecular formula is C16H26BrN3. The Morgan fingerprint density at radius 2 is 2.25 bits per heavy atom. The van der Waals surface area contributed by atoms with Crippen molar-refractivity contribution in [2.75, 3.05) is 31.1 Å². The molecule has 0 aliphatic carbocycles. The van der Waals surface area contributed by atoms with Gasteiger partial charge in [-0.2, -0.15) is 0 Å². The van der Waals surface area contributed by atoms with Crippen molar-refractivity contribution in [2.24, 2.45) is 11.8 Å². The van der Waals surface area contributed by atoms with Crippen LogP contribution in [0.5, 0.6) is 0 Å². The number of rotatable bonds is 5. The number of anilines is 1. The molecule has 0 radical (unpaired) electrons. The van der Waals surface area contributed by atoms with E-state index in [9.17, 15) is 0 Å². The Hall–Kier alpha value is -0.610. The van der Waals surface area contributed by atoms with Crippen LogP contribution in [0.3, 0.4) is 0 Å². The lowest BCUT2D eigenvalue weighted by atomic mass is 9.97. The molecule has 0 saturated carbocycles. The standard InChI is InChI=1S/C16H26BrN3/c1-12(2)9-18-10-14-5-4-8-20(11-14)16-7-6-15(17)13(3)19-16/h6-7,12,14,18H,4-5,8-11H2,1-3H3. The molecule has 1 aromatic heterocycles. The van der Waals surface area contributed by atoms with Gasteiger partial charge in [-0.05, 0) is 72.8 Å². The Labute approximate surface area is 131 Å². The number of hydrogen-bond donors (Lipinski definition) is 1. The molecule has 112 valence electrons. The van der Waals surface area contributed by atoms with E-state index in [0.717, 1.165) is 54.0 Å². The Bertz CT molecular complexity index is 434. The number of pyridine rings is 1. The highest BCUT2D eigenvalue weighted by Crippen LogP contribution is 2.24. The van der Waals surface area contributed by atoms with E-state index >= 15 is 0 Å². The zero-order valence-corrected chi connectivity index (χ0v) is 14.4. The van der Waals surface area contributed by atoms with E-state index in [1.807, 2.05) is 0 Å². The average Bonchev–Trinajstić information content (AvgIpc) is 2.42. The third kappa shape index (κ3) is 4.45. The number of hydrogen-bond acceptors (Lipinski definition) is 3. The van der Waals surface area contributed by atoms with Crippen molar-refractivity contribution in [1.82, 2.24) is 10.3 Å². The van der Waals surface area contributed by atoms with Gasteiger partial charge in [0.2, 0.25) is 0 Å². The van der Waals surface area contributed by atoms with E-state index in [-0.39, 0.29) is 0 Å². The van der Waals surface area contributed by atoms with Crippen LogP contribution in [0.1, 0.15) is 32.4 Å². The lowest BCUT2D eigenvalue weighted by Crippen LogP contribution is -2.40. The molecule has 3 nitrogen and oxygen atoms in total. The Morgan fingerprint density at radius 3 is 2.95 bits per heavy atom. The normalized spacial score (nSPS) is 19.6. The third-order valence-corrected chi connectivity index (χ3v) is 4.67. The smallest absolute Gasteiger partial charge is 0.128 e. The van der Waals surface area contributed by atoms with Crippen LogP contribution in [-0.2, 0) is 0 Å². The fraction of sp³-hybridized carbons (Fsp3) is 0.688. The number of aromatic nitrogens is 1. The first-order valence-corrected chi connectivity index (χ1v) is 8.44. The minimum absolute atomic E-state index is 0.727. The van der Waals surface area contributed by atoms with Crippen LogP contribution in [0.25, 0.3) is 0 Å². The number of aryl methyl sites for hydroxylation is 1. The summed E-state index contributed by atoms with van der Waals surface area (Å²) in [5, 5.41) is 3.59. The van der Waals surface area contributed by atoms with Gasteiger partial charge in [0.1, 0.15) is 5.82 Å². The van der Waals surface area contributed by atoms with Gasteiger partial charge < -0.3 is 10.2 Å². The molecule has 0 amide bonds. The molecule has 1 aliphatic rings. The van der Waals surface area contributed by atoms with Gasteiger partial charge in [-0.25, -0.2) is 4.98 Å². The summed E-state index contributed by atoms with van der Waals surface area (Å²) < 4.78 is 1.09. The molecule has 0 aromatic carbocycles. The van der Waals surface area contributed by atoms with Gasteiger partial charge in [-0.15, -0.1) is 0 Å². The van der Waals surface area contributed by atoms with Gasteiger partial charge in [0.15, 0.2) is 0 Å². The number of halogens is 1. The lowest BCUT2D eigenvalue weighted by Gasteiger charge is -2.34. The SMILES string of the molecule is Cc1nc(N2CCCC(CNCC(C)C)C2)ccc1Br. The minimum Gasteiger partial charge on any atom is -0.356 e. The van der Waals surface area contributed by atoms with E-state index in [1.165, 1.54) is 12.8 Å². The topological polar surface area (TPSA) is 28.2 Å². The second-order valence-corrected chi connectivity index (χ2v) is 7.10. The van der Waals surface area contributed by atoms with Crippen LogP contribution in [0.4, 0.5) is 5.82 Å². The molecule has 20 heavy (non-hydrogen) atoms. The number of nitrogens with zero attached hydrogens (tertiary/aromatic N) is 2. The van der Waals surface area contributed by atoms with Gasteiger partial charge in [0.05, 0.1) is 5.69 Å². The van der Waals surface area contributed by atoms with Gasteiger partial charge in [0.25, 0.3) is 0 Å². The molecule has 1 unspecified atom stereocenters. The van der Waals surface area contributed by atoms with Gasteiger partial charge >= 0.3 is 0 Å². The van der Waals surface area contributed by atoms with E-state index < -0.39 is 0 Å². The summed E-state index contributed by atoms with van der Waals surface area (Å²) in [6, 6.07) is 4.24. The number of nitrogens with one attached hydrogen (secondary N) is 1. The summed E-state index contributed by atoms with van der Waals surface area (Å²) in [6.07, 6.45) is 2.60. The second-order valence-electron chi connectivity index (χ2n) is 6.24. The molecule has 1 saturated heterocycles. The van der Waals surface area contributed by atoms with Crippen molar-refractivity contribution < 1.29 is 0 Å². The summed E-state index contributed by atoms with van der Waals surface area (Å²) >= 11 is 3.52. The molecule has 1 atom stereocenters. The molecule has 1 aromatic rings. The van der Waals surface area contributed by atoms with Crippen LogP contribution < -0.4 is 10.2 Å². The van der Waals surface area contributed by atoms with Crippen LogP contribution >= 0.6 is 15.9 Å². The molecule has 1 N–H and O–H groups in total. The predicted octanol–water partition coefficient (Wildman–Crippen LogP) is 3.61. The molecule has 1 aliphatic heterocycles. The first-order chi connectivity index (χ1) is 9.56. The molecule has 1 fully saturated rings. The molecule has 2 rings (SSSR count). The van der Waals surface area contributed by atoms with Gasteiger partial charge in [-0.3, -0.25) is 0 Å². The summed E-state index contributed by atoms with van der Waals surface area (Å²) in [5.74, 6) is 2.60. The van der Waals surface area contributed by atoms with Crippen LogP contribution in [-0.4, -0.2) is 31.2 Å². The Balaban J connectivity index is 1.90. The fourth-order valence-corrected chi connectivity index (χ4v) is 2.94. The minimum atomic E-state index is 0.727. The summed E-state index contributed by atoms with van der Waals surface area (Å²) in [7, 11) is 0. The quantitative estimate of drug-likeness (QED) is 0.887. The maximum absolute atomic E-state index is 4.70. The first kappa shape index (κ1) is 15.8. The van der Waals surface area contributed by atoms with E-state index in [4.69, 9.17) is 4.98 Å². The average molecular weight is 340 g/mol. The first-order valence-electron chi connectivity index (χ1n) is 7.65. The molecular weight excluding hydrogens is 314 g/mol. The van der Waals surface area contributed by atoms with Crippen molar-refractivity contribution in [2.45, 2.75) is 33.6 Å². The van der Waals surface area contributed by atoms with Gasteiger partial charge in [-0.1, -0.05) is 13.8 Å². The Morgan fingerprint density at radius 1 is 1.45 bits per heavy atom.